The van der Waals surface area contributed by atoms with Crippen LogP contribution in [-0.4, -0.2) is 40.7 Å². The normalized spacial score (nSPS) is 18.0. The van der Waals surface area contributed by atoms with Crippen molar-refractivity contribution in [2.75, 3.05) is 19.7 Å². The Morgan fingerprint density at radius 3 is 3.00 bits per heavy atom. The van der Waals surface area contributed by atoms with Crippen molar-refractivity contribution in [3.8, 4) is 17.0 Å². The van der Waals surface area contributed by atoms with Crippen LogP contribution in [0.3, 0.4) is 0 Å². The minimum atomic E-state index is -0.112. The molecule has 1 atom stereocenters. The number of benzene rings is 1. The summed E-state index contributed by atoms with van der Waals surface area (Å²) < 4.78 is 5.16. The number of aromatic nitrogens is 1. The van der Waals surface area contributed by atoms with Gasteiger partial charge in [-0.2, -0.15) is 0 Å². The second-order valence-corrected chi connectivity index (χ2v) is 6.38. The molecule has 1 fully saturated rings. The Morgan fingerprint density at radius 1 is 1.36 bits per heavy atom. The van der Waals surface area contributed by atoms with Crippen molar-refractivity contribution in [3.63, 3.8) is 0 Å². The van der Waals surface area contributed by atoms with Gasteiger partial charge in [-0.1, -0.05) is 6.07 Å². The first-order valence-electron chi connectivity index (χ1n) is 8.79. The van der Waals surface area contributed by atoms with Gasteiger partial charge in [0.15, 0.2) is 0 Å². The van der Waals surface area contributed by atoms with Gasteiger partial charge in [0, 0.05) is 30.4 Å². The predicted molar refractivity (Wildman–Crippen MR) is 96.0 cm³/mol. The number of hydrogen-bond acceptors (Lipinski definition) is 5. The van der Waals surface area contributed by atoms with Crippen LogP contribution in [0.25, 0.3) is 11.3 Å². The van der Waals surface area contributed by atoms with Gasteiger partial charge in [0.05, 0.1) is 18.2 Å². The first-order valence-corrected chi connectivity index (χ1v) is 8.79. The molecule has 0 aliphatic carbocycles. The number of hydrogen-bond donors (Lipinski definition) is 1. The zero-order valence-electron chi connectivity index (χ0n) is 14.5. The number of esters is 1. The second kappa shape index (κ2) is 8.12. The summed E-state index contributed by atoms with van der Waals surface area (Å²) >= 11 is 0. The van der Waals surface area contributed by atoms with E-state index < -0.39 is 0 Å². The lowest BCUT2D eigenvalue weighted by Gasteiger charge is -2.31. The Bertz CT molecular complexity index is 718. The summed E-state index contributed by atoms with van der Waals surface area (Å²) in [4.78, 5) is 18.6. The Labute approximate surface area is 148 Å². The number of aromatic hydroxyl groups is 1. The van der Waals surface area contributed by atoms with E-state index in [0.717, 1.165) is 36.2 Å². The van der Waals surface area contributed by atoms with Gasteiger partial charge < -0.3 is 9.84 Å². The molecule has 1 aromatic heterocycles. The smallest absolute Gasteiger partial charge is 0.310 e. The van der Waals surface area contributed by atoms with Crippen molar-refractivity contribution < 1.29 is 14.6 Å². The first-order chi connectivity index (χ1) is 12.2. The molecule has 1 aliphatic heterocycles. The van der Waals surface area contributed by atoms with Gasteiger partial charge >= 0.3 is 5.97 Å². The molecule has 0 bridgehead atoms. The predicted octanol–water partition coefficient (Wildman–Crippen LogP) is 3.23. The topological polar surface area (TPSA) is 62.7 Å². The zero-order chi connectivity index (χ0) is 17.6. The number of phenolic OH excluding ortho intramolecular Hbond substituents is 1. The number of pyridine rings is 1. The highest BCUT2D eigenvalue weighted by atomic mass is 16.5. The van der Waals surface area contributed by atoms with Gasteiger partial charge in [-0.15, -0.1) is 0 Å². The van der Waals surface area contributed by atoms with Crippen LogP contribution in [-0.2, 0) is 16.1 Å². The van der Waals surface area contributed by atoms with Gasteiger partial charge in [0.1, 0.15) is 5.75 Å². The molecule has 1 saturated heterocycles. The van der Waals surface area contributed by atoms with Crippen LogP contribution in [0.5, 0.6) is 5.75 Å². The van der Waals surface area contributed by atoms with E-state index in [0.29, 0.717) is 19.7 Å². The molecule has 5 heteroatoms. The lowest BCUT2D eigenvalue weighted by molar-refractivity contribution is -0.150. The number of likely N-dealkylation sites (tertiary alicyclic amines) is 1. The molecule has 132 valence electrons. The van der Waals surface area contributed by atoms with E-state index in [2.05, 4.69) is 9.88 Å². The van der Waals surface area contributed by atoms with E-state index in [1.54, 1.807) is 12.3 Å². The number of piperidine rings is 1. The fourth-order valence-electron chi connectivity index (χ4n) is 3.30. The Balaban J connectivity index is 1.73. The molecule has 0 unspecified atom stereocenters. The summed E-state index contributed by atoms with van der Waals surface area (Å²) in [5, 5.41) is 10.2. The van der Waals surface area contributed by atoms with Gasteiger partial charge in [-0.25, -0.2) is 0 Å². The van der Waals surface area contributed by atoms with Crippen LogP contribution in [0.15, 0.2) is 42.6 Å². The number of carbonyl (C=O) groups excluding carboxylic acids is 1. The maximum atomic E-state index is 12.0. The summed E-state index contributed by atoms with van der Waals surface area (Å²) in [6, 6.07) is 11.3. The lowest BCUT2D eigenvalue weighted by Crippen LogP contribution is -2.38. The fourth-order valence-corrected chi connectivity index (χ4v) is 3.30. The Hall–Kier alpha value is -2.40. The number of ether oxygens (including phenoxy) is 1. The molecule has 0 radical (unpaired) electrons. The van der Waals surface area contributed by atoms with Crippen molar-refractivity contribution in [2.24, 2.45) is 5.92 Å². The molecular formula is C20H24N2O3. The van der Waals surface area contributed by atoms with Crippen molar-refractivity contribution in [3.05, 3.63) is 48.2 Å². The summed E-state index contributed by atoms with van der Waals surface area (Å²) in [6.07, 6.45) is 3.59. The van der Waals surface area contributed by atoms with Crippen LogP contribution in [0.1, 0.15) is 25.3 Å². The third kappa shape index (κ3) is 4.37. The van der Waals surface area contributed by atoms with Crippen LogP contribution in [0.2, 0.25) is 0 Å². The maximum Gasteiger partial charge on any atom is 0.310 e. The molecule has 2 heterocycles. The fraction of sp³-hybridized carbons (Fsp3) is 0.400. The average molecular weight is 340 g/mol. The first kappa shape index (κ1) is 17.4. The molecular weight excluding hydrogens is 316 g/mol. The zero-order valence-corrected chi connectivity index (χ0v) is 14.5. The number of nitrogens with zero attached hydrogens (tertiary/aromatic N) is 2. The SMILES string of the molecule is CCOC(=O)[C@@H]1CCCN(Cc2cc(-c3ccccn3)ccc2O)C1. The van der Waals surface area contributed by atoms with Crippen LogP contribution < -0.4 is 0 Å². The molecule has 1 N–H and O–H groups in total. The average Bonchev–Trinajstić information content (AvgIpc) is 2.65. The van der Waals surface area contributed by atoms with E-state index in [1.807, 2.05) is 37.3 Å². The van der Waals surface area contributed by atoms with Crippen molar-refractivity contribution >= 4 is 5.97 Å². The third-order valence-corrected chi connectivity index (χ3v) is 4.56. The Kier molecular flexibility index (Phi) is 5.66. The van der Waals surface area contributed by atoms with E-state index in [1.165, 1.54) is 0 Å². The maximum absolute atomic E-state index is 12.0. The summed E-state index contributed by atoms with van der Waals surface area (Å²) in [5.74, 6) is 0.0893. The molecule has 2 aromatic rings. The minimum absolute atomic E-state index is 0.0742. The number of phenols is 1. The van der Waals surface area contributed by atoms with E-state index >= 15 is 0 Å². The second-order valence-electron chi connectivity index (χ2n) is 6.38. The summed E-state index contributed by atoms with van der Waals surface area (Å²) in [5.41, 5.74) is 2.71. The van der Waals surface area contributed by atoms with Crippen molar-refractivity contribution in [1.29, 1.82) is 0 Å². The summed E-state index contributed by atoms with van der Waals surface area (Å²) in [7, 11) is 0. The van der Waals surface area contributed by atoms with Crippen molar-refractivity contribution in [1.82, 2.24) is 9.88 Å². The lowest BCUT2D eigenvalue weighted by atomic mass is 9.97. The molecule has 1 aromatic carbocycles. The molecule has 25 heavy (non-hydrogen) atoms. The molecule has 0 saturated carbocycles. The highest BCUT2D eigenvalue weighted by Crippen LogP contribution is 2.27. The van der Waals surface area contributed by atoms with E-state index in [4.69, 9.17) is 4.74 Å². The summed E-state index contributed by atoms with van der Waals surface area (Å²) in [6.45, 7) is 4.46. The Morgan fingerprint density at radius 2 is 2.24 bits per heavy atom. The molecule has 1 aliphatic rings. The number of carbonyl (C=O) groups is 1. The number of rotatable bonds is 5. The van der Waals surface area contributed by atoms with E-state index in [9.17, 15) is 9.90 Å². The highest BCUT2D eigenvalue weighted by Gasteiger charge is 2.27. The van der Waals surface area contributed by atoms with Crippen molar-refractivity contribution in [2.45, 2.75) is 26.3 Å². The van der Waals surface area contributed by atoms with Gasteiger partial charge in [-0.05, 0) is 56.6 Å². The van der Waals surface area contributed by atoms with E-state index in [-0.39, 0.29) is 17.6 Å². The highest BCUT2D eigenvalue weighted by molar-refractivity contribution is 5.72. The van der Waals surface area contributed by atoms with Crippen LogP contribution >= 0.6 is 0 Å². The minimum Gasteiger partial charge on any atom is -0.508 e. The molecule has 3 rings (SSSR count). The van der Waals surface area contributed by atoms with Crippen LogP contribution in [0.4, 0.5) is 0 Å². The van der Waals surface area contributed by atoms with Gasteiger partial charge in [0.25, 0.3) is 0 Å². The quantitative estimate of drug-likeness (QED) is 0.847. The molecule has 5 nitrogen and oxygen atoms in total. The monoisotopic (exact) mass is 340 g/mol. The molecule has 0 amide bonds. The molecule has 0 spiro atoms. The third-order valence-electron chi connectivity index (χ3n) is 4.56. The largest absolute Gasteiger partial charge is 0.508 e. The van der Waals surface area contributed by atoms with Crippen LogP contribution in [0, 0.1) is 5.92 Å². The van der Waals surface area contributed by atoms with Gasteiger partial charge in [0.2, 0.25) is 0 Å². The van der Waals surface area contributed by atoms with Gasteiger partial charge in [-0.3, -0.25) is 14.7 Å². The standard InChI is InChI=1S/C20H24N2O3/c1-2-25-20(24)16-6-5-11-22(13-16)14-17-12-15(8-9-19(17)23)18-7-3-4-10-21-18/h3-4,7-10,12,16,23H,2,5-6,11,13-14H2,1H3/t16-/m1/s1.